The number of ether oxygens (including phenoxy) is 1. The van der Waals surface area contributed by atoms with Gasteiger partial charge in [0.05, 0.1) is 0 Å². The van der Waals surface area contributed by atoms with E-state index in [0.29, 0.717) is 12.4 Å². The molecule has 1 aliphatic rings. The highest BCUT2D eigenvalue weighted by atomic mass is 19.1. The van der Waals surface area contributed by atoms with Crippen molar-refractivity contribution in [3.63, 3.8) is 0 Å². The molecule has 0 unspecified atom stereocenters. The highest BCUT2D eigenvalue weighted by molar-refractivity contribution is 5.22. The number of halogens is 1. The van der Waals surface area contributed by atoms with Crippen molar-refractivity contribution in [1.82, 2.24) is 4.90 Å². The molecular weight excluding hydrogens is 193 g/mol. The molecule has 0 bridgehead atoms. The fourth-order valence-corrected chi connectivity index (χ4v) is 1.86. The zero-order chi connectivity index (χ0) is 10.5. The molecule has 0 atom stereocenters. The maximum absolute atomic E-state index is 12.8. The predicted octanol–water partition coefficient (Wildman–Crippen LogP) is 2.30. The summed E-state index contributed by atoms with van der Waals surface area (Å²) < 4.78 is 18.3. The van der Waals surface area contributed by atoms with Gasteiger partial charge in [0, 0.05) is 12.6 Å². The molecule has 0 radical (unpaired) electrons. The molecule has 1 saturated heterocycles. The Labute approximate surface area is 89.7 Å². The number of hydrogen-bond donors (Lipinski definition) is 0. The lowest BCUT2D eigenvalue weighted by Gasteiger charge is -2.14. The Morgan fingerprint density at radius 3 is 2.80 bits per heavy atom. The van der Waals surface area contributed by atoms with Crippen molar-refractivity contribution in [3.05, 3.63) is 30.1 Å². The van der Waals surface area contributed by atoms with Crippen LogP contribution in [0.5, 0.6) is 5.75 Å². The van der Waals surface area contributed by atoms with Gasteiger partial charge < -0.3 is 4.74 Å². The highest BCUT2D eigenvalue weighted by Gasteiger charge is 2.10. The van der Waals surface area contributed by atoms with Crippen molar-refractivity contribution in [2.75, 3.05) is 26.2 Å². The molecule has 15 heavy (non-hydrogen) atoms. The molecule has 0 spiro atoms. The van der Waals surface area contributed by atoms with Gasteiger partial charge in [-0.1, -0.05) is 6.07 Å². The third kappa shape index (κ3) is 3.20. The van der Waals surface area contributed by atoms with Gasteiger partial charge in [-0.2, -0.15) is 0 Å². The van der Waals surface area contributed by atoms with Gasteiger partial charge in [0.25, 0.3) is 0 Å². The first-order valence-corrected chi connectivity index (χ1v) is 5.45. The van der Waals surface area contributed by atoms with Gasteiger partial charge in [0.15, 0.2) is 0 Å². The van der Waals surface area contributed by atoms with Crippen LogP contribution >= 0.6 is 0 Å². The van der Waals surface area contributed by atoms with Crippen LogP contribution in [0.3, 0.4) is 0 Å². The van der Waals surface area contributed by atoms with Crippen LogP contribution in [-0.2, 0) is 0 Å². The number of rotatable bonds is 4. The van der Waals surface area contributed by atoms with Crippen molar-refractivity contribution < 1.29 is 9.13 Å². The van der Waals surface area contributed by atoms with Gasteiger partial charge in [-0.3, -0.25) is 4.90 Å². The van der Waals surface area contributed by atoms with Gasteiger partial charge in [0.2, 0.25) is 0 Å². The van der Waals surface area contributed by atoms with Crippen molar-refractivity contribution in [2.45, 2.75) is 12.8 Å². The van der Waals surface area contributed by atoms with Gasteiger partial charge in [-0.15, -0.1) is 0 Å². The van der Waals surface area contributed by atoms with Crippen LogP contribution in [0, 0.1) is 5.82 Å². The van der Waals surface area contributed by atoms with Gasteiger partial charge >= 0.3 is 0 Å². The normalized spacial score (nSPS) is 16.9. The van der Waals surface area contributed by atoms with Crippen molar-refractivity contribution >= 4 is 0 Å². The first-order valence-electron chi connectivity index (χ1n) is 5.45. The van der Waals surface area contributed by atoms with E-state index < -0.39 is 0 Å². The molecular formula is C12H16FNO. The average molecular weight is 209 g/mol. The SMILES string of the molecule is Fc1cccc(OCCN2CCCC2)c1. The molecule has 1 fully saturated rings. The van der Waals surface area contributed by atoms with Crippen LogP contribution in [0.15, 0.2) is 24.3 Å². The van der Waals surface area contributed by atoms with E-state index in [0.717, 1.165) is 6.54 Å². The Morgan fingerprint density at radius 2 is 2.07 bits per heavy atom. The smallest absolute Gasteiger partial charge is 0.126 e. The third-order valence-corrected chi connectivity index (χ3v) is 2.67. The molecule has 1 aromatic carbocycles. The van der Waals surface area contributed by atoms with Crippen molar-refractivity contribution in [1.29, 1.82) is 0 Å². The molecule has 82 valence electrons. The zero-order valence-corrected chi connectivity index (χ0v) is 8.79. The van der Waals surface area contributed by atoms with Gasteiger partial charge in [-0.05, 0) is 38.1 Å². The van der Waals surface area contributed by atoms with E-state index in [2.05, 4.69) is 4.90 Å². The Kier molecular flexibility index (Phi) is 3.56. The van der Waals surface area contributed by atoms with Crippen LogP contribution in [0.25, 0.3) is 0 Å². The summed E-state index contributed by atoms with van der Waals surface area (Å²) in [6.45, 7) is 3.93. The minimum Gasteiger partial charge on any atom is -0.492 e. The largest absolute Gasteiger partial charge is 0.492 e. The number of benzene rings is 1. The molecule has 0 aromatic heterocycles. The summed E-state index contributed by atoms with van der Waals surface area (Å²) in [5, 5.41) is 0. The van der Waals surface area contributed by atoms with Crippen LogP contribution in [0.4, 0.5) is 4.39 Å². The molecule has 3 heteroatoms. The van der Waals surface area contributed by atoms with E-state index in [1.165, 1.54) is 38.1 Å². The minimum absolute atomic E-state index is 0.242. The quantitative estimate of drug-likeness (QED) is 0.754. The molecule has 0 saturated carbocycles. The van der Waals surface area contributed by atoms with Crippen LogP contribution < -0.4 is 4.74 Å². The topological polar surface area (TPSA) is 12.5 Å². The fraction of sp³-hybridized carbons (Fsp3) is 0.500. The van der Waals surface area contributed by atoms with E-state index in [4.69, 9.17) is 4.74 Å². The summed E-state index contributed by atoms with van der Waals surface area (Å²) in [7, 11) is 0. The lowest BCUT2D eigenvalue weighted by atomic mass is 10.3. The lowest BCUT2D eigenvalue weighted by molar-refractivity contribution is 0.237. The van der Waals surface area contributed by atoms with Gasteiger partial charge in [0.1, 0.15) is 18.2 Å². The summed E-state index contributed by atoms with van der Waals surface area (Å²) >= 11 is 0. The Balaban J connectivity index is 1.73. The molecule has 2 nitrogen and oxygen atoms in total. The standard InChI is InChI=1S/C12H16FNO/c13-11-4-3-5-12(10-11)15-9-8-14-6-1-2-7-14/h3-5,10H,1-2,6-9H2. The first kappa shape index (κ1) is 10.4. The van der Waals surface area contributed by atoms with Crippen molar-refractivity contribution in [2.24, 2.45) is 0 Å². The lowest BCUT2D eigenvalue weighted by Crippen LogP contribution is -2.25. The second-order valence-corrected chi connectivity index (χ2v) is 3.85. The van der Waals surface area contributed by atoms with Crippen LogP contribution in [-0.4, -0.2) is 31.1 Å². The summed E-state index contributed by atoms with van der Waals surface area (Å²) in [6.07, 6.45) is 2.58. The number of nitrogens with zero attached hydrogens (tertiary/aromatic N) is 1. The monoisotopic (exact) mass is 209 g/mol. The van der Waals surface area contributed by atoms with Crippen LogP contribution in [0.1, 0.15) is 12.8 Å². The first-order chi connectivity index (χ1) is 7.34. The summed E-state index contributed by atoms with van der Waals surface area (Å²) in [5.41, 5.74) is 0. The number of hydrogen-bond acceptors (Lipinski definition) is 2. The maximum atomic E-state index is 12.8. The van der Waals surface area contributed by atoms with Crippen molar-refractivity contribution in [3.8, 4) is 5.75 Å². The molecule has 2 rings (SSSR count). The molecule has 0 aliphatic carbocycles. The molecule has 0 N–H and O–H groups in total. The average Bonchev–Trinajstić information content (AvgIpc) is 2.71. The fourth-order valence-electron chi connectivity index (χ4n) is 1.86. The molecule has 1 aromatic rings. The maximum Gasteiger partial charge on any atom is 0.126 e. The van der Waals surface area contributed by atoms with Gasteiger partial charge in [-0.25, -0.2) is 4.39 Å². The predicted molar refractivity (Wildman–Crippen MR) is 57.6 cm³/mol. The van der Waals surface area contributed by atoms with E-state index in [-0.39, 0.29) is 5.82 Å². The molecule has 0 amide bonds. The van der Waals surface area contributed by atoms with Crippen LogP contribution in [0.2, 0.25) is 0 Å². The van der Waals surface area contributed by atoms with E-state index in [1.54, 1.807) is 12.1 Å². The second kappa shape index (κ2) is 5.12. The Bertz CT molecular complexity index is 310. The second-order valence-electron chi connectivity index (χ2n) is 3.85. The zero-order valence-electron chi connectivity index (χ0n) is 8.79. The highest BCUT2D eigenvalue weighted by Crippen LogP contribution is 2.12. The summed E-state index contributed by atoms with van der Waals surface area (Å²) in [5.74, 6) is 0.378. The Morgan fingerprint density at radius 1 is 1.27 bits per heavy atom. The van der Waals surface area contributed by atoms with E-state index in [9.17, 15) is 4.39 Å². The Hall–Kier alpha value is -1.09. The minimum atomic E-state index is -0.242. The summed E-state index contributed by atoms with van der Waals surface area (Å²) in [4.78, 5) is 2.37. The molecule has 1 heterocycles. The van der Waals surface area contributed by atoms with E-state index >= 15 is 0 Å². The van der Waals surface area contributed by atoms with E-state index in [1.807, 2.05) is 0 Å². The molecule has 1 aliphatic heterocycles. The number of likely N-dealkylation sites (tertiary alicyclic amines) is 1. The third-order valence-electron chi connectivity index (χ3n) is 2.67. The summed E-state index contributed by atoms with van der Waals surface area (Å²) in [6, 6.07) is 6.30.